The van der Waals surface area contributed by atoms with Crippen molar-refractivity contribution in [1.29, 1.82) is 0 Å². The Morgan fingerprint density at radius 3 is 2.93 bits per heavy atom. The zero-order valence-corrected chi connectivity index (χ0v) is 8.56. The van der Waals surface area contributed by atoms with Gasteiger partial charge in [0.2, 0.25) is 0 Å². The van der Waals surface area contributed by atoms with E-state index < -0.39 is 0 Å². The van der Waals surface area contributed by atoms with Crippen LogP contribution in [0.25, 0.3) is 0 Å². The largest absolute Gasteiger partial charge is 0.482 e. The van der Waals surface area contributed by atoms with Crippen molar-refractivity contribution in [2.45, 2.75) is 12.8 Å². The predicted octanol–water partition coefficient (Wildman–Crippen LogP) is 1.08. The molecule has 1 saturated heterocycles. The molecule has 0 aromatic carbocycles. The molecule has 1 aromatic heterocycles. The molecular formula is C11H14N2O2. The van der Waals surface area contributed by atoms with E-state index in [2.05, 4.69) is 4.98 Å². The summed E-state index contributed by atoms with van der Waals surface area (Å²) in [5, 5.41) is 0. The summed E-state index contributed by atoms with van der Waals surface area (Å²) in [6.07, 6.45) is 5.50. The summed E-state index contributed by atoms with van der Waals surface area (Å²) in [4.78, 5) is 17.4. The van der Waals surface area contributed by atoms with Crippen LogP contribution in [0.15, 0.2) is 24.5 Å². The molecule has 4 heteroatoms. The molecule has 1 fully saturated rings. The highest BCUT2D eigenvalue weighted by molar-refractivity contribution is 5.77. The number of amides is 1. The number of ether oxygens (including phenoxy) is 1. The van der Waals surface area contributed by atoms with E-state index in [4.69, 9.17) is 4.74 Å². The highest BCUT2D eigenvalue weighted by Gasteiger charge is 2.17. The van der Waals surface area contributed by atoms with E-state index in [9.17, 15) is 4.79 Å². The molecule has 1 aromatic rings. The Balaban J connectivity index is 1.80. The smallest absolute Gasteiger partial charge is 0.260 e. The average molecular weight is 206 g/mol. The van der Waals surface area contributed by atoms with Crippen molar-refractivity contribution >= 4 is 5.91 Å². The highest BCUT2D eigenvalue weighted by Crippen LogP contribution is 2.09. The lowest BCUT2D eigenvalue weighted by Gasteiger charge is -2.15. The van der Waals surface area contributed by atoms with Gasteiger partial charge in [-0.25, -0.2) is 0 Å². The number of nitrogens with zero attached hydrogens (tertiary/aromatic N) is 2. The van der Waals surface area contributed by atoms with Crippen LogP contribution in [0.3, 0.4) is 0 Å². The SMILES string of the molecule is O=C(COc1cccnc1)N1CCCC1. The maximum absolute atomic E-state index is 11.6. The lowest BCUT2D eigenvalue weighted by molar-refractivity contribution is -0.132. The standard InChI is InChI=1S/C11H14N2O2/c14-11(13-6-1-2-7-13)9-15-10-4-3-5-12-8-10/h3-5,8H,1-2,6-7,9H2. The molecule has 0 saturated carbocycles. The lowest BCUT2D eigenvalue weighted by atomic mass is 10.4. The van der Waals surface area contributed by atoms with Crippen molar-refractivity contribution in [3.05, 3.63) is 24.5 Å². The van der Waals surface area contributed by atoms with E-state index >= 15 is 0 Å². The first-order chi connectivity index (χ1) is 7.36. The van der Waals surface area contributed by atoms with Crippen LogP contribution in [0.1, 0.15) is 12.8 Å². The van der Waals surface area contributed by atoms with E-state index in [0.717, 1.165) is 25.9 Å². The van der Waals surface area contributed by atoms with E-state index in [1.54, 1.807) is 24.5 Å². The molecule has 0 N–H and O–H groups in total. The van der Waals surface area contributed by atoms with Gasteiger partial charge in [0, 0.05) is 19.3 Å². The van der Waals surface area contributed by atoms with Crippen LogP contribution in [-0.2, 0) is 4.79 Å². The molecule has 0 unspecified atom stereocenters. The van der Waals surface area contributed by atoms with Gasteiger partial charge in [-0.15, -0.1) is 0 Å². The Labute approximate surface area is 88.9 Å². The Hall–Kier alpha value is -1.58. The minimum atomic E-state index is 0.0661. The topological polar surface area (TPSA) is 42.4 Å². The van der Waals surface area contributed by atoms with Gasteiger partial charge in [-0.3, -0.25) is 9.78 Å². The second-order valence-electron chi connectivity index (χ2n) is 3.57. The number of pyridine rings is 1. The number of rotatable bonds is 3. The van der Waals surface area contributed by atoms with E-state index in [-0.39, 0.29) is 12.5 Å². The summed E-state index contributed by atoms with van der Waals surface area (Å²) in [5.41, 5.74) is 0. The third-order valence-electron chi connectivity index (χ3n) is 2.46. The van der Waals surface area contributed by atoms with Crippen molar-refractivity contribution in [3.63, 3.8) is 0 Å². The third-order valence-corrected chi connectivity index (χ3v) is 2.46. The van der Waals surface area contributed by atoms with Gasteiger partial charge in [-0.1, -0.05) is 0 Å². The second kappa shape index (κ2) is 4.77. The molecule has 15 heavy (non-hydrogen) atoms. The summed E-state index contributed by atoms with van der Waals surface area (Å²) in [6.45, 7) is 1.86. The van der Waals surface area contributed by atoms with Crippen molar-refractivity contribution in [1.82, 2.24) is 9.88 Å². The fraction of sp³-hybridized carbons (Fsp3) is 0.455. The molecule has 0 atom stereocenters. The molecule has 1 amide bonds. The number of carbonyl (C=O) groups is 1. The molecule has 4 nitrogen and oxygen atoms in total. The van der Waals surface area contributed by atoms with Gasteiger partial charge in [-0.05, 0) is 25.0 Å². The van der Waals surface area contributed by atoms with Crippen LogP contribution in [0.4, 0.5) is 0 Å². The molecule has 80 valence electrons. The van der Waals surface area contributed by atoms with Gasteiger partial charge < -0.3 is 9.64 Å². The zero-order valence-electron chi connectivity index (χ0n) is 8.56. The normalized spacial score (nSPS) is 15.3. The van der Waals surface area contributed by atoms with Crippen LogP contribution in [0, 0.1) is 0 Å². The number of carbonyl (C=O) groups excluding carboxylic acids is 1. The number of likely N-dealkylation sites (tertiary alicyclic amines) is 1. The number of hydrogen-bond donors (Lipinski definition) is 0. The zero-order chi connectivity index (χ0) is 10.5. The quantitative estimate of drug-likeness (QED) is 0.743. The van der Waals surface area contributed by atoms with Crippen LogP contribution in [0.2, 0.25) is 0 Å². The molecule has 2 heterocycles. The van der Waals surface area contributed by atoms with Crippen molar-refractivity contribution in [3.8, 4) is 5.75 Å². The lowest BCUT2D eigenvalue weighted by Crippen LogP contribution is -2.32. The predicted molar refractivity (Wildman–Crippen MR) is 55.5 cm³/mol. The maximum Gasteiger partial charge on any atom is 0.260 e. The Kier molecular flexibility index (Phi) is 3.17. The average Bonchev–Trinajstić information content (AvgIpc) is 2.81. The third kappa shape index (κ3) is 2.68. The van der Waals surface area contributed by atoms with Crippen molar-refractivity contribution in [2.75, 3.05) is 19.7 Å². The summed E-state index contributed by atoms with van der Waals surface area (Å²) in [5.74, 6) is 0.710. The molecule has 1 aliphatic heterocycles. The van der Waals surface area contributed by atoms with E-state index in [1.165, 1.54) is 0 Å². The van der Waals surface area contributed by atoms with E-state index in [0.29, 0.717) is 5.75 Å². The molecule has 0 spiro atoms. The summed E-state index contributed by atoms with van der Waals surface area (Å²) >= 11 is 0. The summed E-state index contributed by atoms with van der Waals surface area (Å²) < 4.78 is 5.33. The maximum atomic E-state index is 11.6. The minimum absolute atomic E-state index is 0.0661. The number of aromatic nitrogens is 1. The van der Waals surface area contributed by atoms with Gasteiger partial charge in [0.15, 0.2) is 6.61 Å². The van der Waals surface area contributed by atoms with Crippen LogP contribution in [-0.4, -0.2) is 35.5 Å². The molecule has 2 rings (SSSR count). The van der Waals surface area contributed by atoms with Gasteiger partial charge in [0.05, 0.1) is 6.20 Å². The first kappa shape index (κ1) is 9.96. The number of hydrogen-bond acceptors (Lipinski definition) is 3. The molecule has 0 aliphatic carbocycles. The Morgan fingerprint density at radius 2 is 2.27 bits per heavy atom. The molecule has 0 bridgehead atoms. The van der Waals surface area contributed by atoms with Gasteiger partial charge in [0.1, 0.15) is 5.75 Å². The van der Waals surface area contributed by atoms with Crippen molar-refractivity contribution in [2.24, 2.45) is 0 Å². The second-order valence-corrected chi connectivity index (χ2v) is 3.57. The molecule has 1 aliphatic rings. The van der Waals surface area contributed by atoms with E-state index in [1.807, 2.05) is 4.90 Å². The monoisotopic (exact) mass is 206 g/mol. The Bertz CT molecular complexity index is 321. The van der Waals surface area contributed by atoms with Gasteiger partial charge >= 0.3 is 0 Å². The highest BCUT2D eigenvalue weighted by atomic mass is 16.5. The van der Waals surface area contributed by atoms with Crippen LogP contribution >= 0.6 is 0 Å². The van der Waals surface area contributed by atoms with Gasteiger partial charge in [-0.2, -0.15) is 0 Å². The molecule has 0 radical (unpaired) electrons. The summed E-state index contributed by atoms with van der Waals surface area (Å²) in [6, 6.07) is 3.58. The Morgan fingerprint density at radius 1 is 1.47 bits per heavy atom. The van der Waals surface area contributed by atoms with Crippen molar-refractivity contribution < 1.29 is 9.53 Å². The first-order valence-corrected chi connectivity index (χ1v) is 5.17. The molecular weight excluding hydrogens is 192 g/mol. The minimum Gasteiger partial charge on any atom is -0.482 e. The van der Waals surface area contributed by atoms with Crippen LogP contribution < -0.4 is 4.74 Å². The first-order valence-electron chi connectivity index (χ1n) is 5.17. The summed E-state index contributed by atoms with van der Waals surface area (Å²) in [7, 11) is 0. The van der Waals surface area contributed by atoms with Gasteiger partial charge in [0.25, 0.3) is 5.91 Å². The fourth-order valence-electron chi connectivity index (χ4n) is 1.64. The van der Waals surface area contributed by atoms with Crippen LogP contribution in [0.5, 0.6) is 5.75 Å². The fourth-order valence-corrected chi connectivity index (χ4v) is 1.64.